The lowest BCUT2D eigenvalue weighted by Crippen LogP contribution is -2.40. The molecule has 0 aromatic heterocycles. The van der Waals surface area contributed by atoms with Gasteiger partial charge in [0.15, 0.2) is 9.84 Å². The monoisotopic (exact) mass is 319 g/mol. The first-order valence-electron chi connectivity index (χ1n) is 5.70. The van der Waals surface area contributed by atoms with Gasteiger partial charge < -0.3 is 10.4 Å². The number of rotatable bonds is 5. The maximum absolute atomic E-state index is 11.9. The maximum atomic E-state index is 11.9. The molecule has 0 heterocycles. The molecule has 0 bridgehead atoms. The second kappa shape index (κ2) is 6.23. The second-order valence-electron chi connectivity index (χ2n) is 4.19. The quantitative estimate of drug-likeness (QED) is 0.853. The molecular weight excluding hydrogens is 306 g/mol. The van der Waals surface area contributed by atoms with Gasteiger partial charge in [0, 0.05) is 11.8 Å². The van der Waals surface area contributed by atoms with E-state index in [1.165, 1.54) is 12.1 Å². The molecule has 8 heteroatoms. The Hall–Kier alpha value is -1.60. The summed E-state index contributed by atoms with van der Waals surface area (Å²) in [6.07, 6.45) is 1.19. The van der Waals surface area contributed by atoms with Crippen molar-refractivity contribution < 1.29 is 23.1 Å². The Kier molecular flexibility index (Phi) is 5.13. The molecule has 1 amide bonds. The molecule has 110 valence electrons. The minimum atomic E-state index is -3.57. The number of aliphatic carboxylic acids is 1. The summed E-state index contributed by atoms with van der Waals surface area (Å²) in [6, 6.07) is 2.72. The number of benzene rings is 1. The van der Waals surface area contributed by atoms with E-state index >= 15 is 0 Å². The number of hydrogen-bond donors (Lipinski definition) is 2. The zero-order valence-corrected chi connectivity index (χ0v) is 12.5. The molecule has 0 saturated heterocycles. The third kappa shape index (κ3) is 3.94. The van der Waals surface area contributed by atoms with Crippen molar-refractivity contribution in [1.82, 2.24) is 5.32 Å². The molecule has 1 atom stereocenters. The first-order chi connectivity index (χ1) is 9.16. The Balaban J connectivity index is 3.09. The predicted molar refractivity (Wildman–Crippen MR) is 73.7 cm³/mol. The highest BCUT2D eigenvalue weighted by Gasteiger charge is 2.20. The zero-order valence-electron chi connectivity index (χ0n) is 10.9. The van der Waals surface area contributed by atoms with Crippen LogP contribution in [-0.4, -0.2) is 37.7 Å². The molecule has 0 spiro atoms. The molecule has 20 heavy (non-hydrogen) atoms. The van der Waals surface area contributed by atoms with Gasteiger partial charge in [0.1, 0.15) is 6.04 Å². The minimum absolute atomic E-state index is 0.00864. The minimum Gasteiger partial charge on any atom is -0.480 e. The summed E-state index contributed by atoms with van der Waals surface area (Å²) in [5.41, 5.74) is 0.0366. The summed E-state index contributed by atoms with van der Waals surface area (Å²) in [5.74, 6) is -1.82. The summed E-state index contributed by atoms with van der Waals surface area (Å²) in [4.78, 5) is 22.6. The molecule has 1 aromatic carbocycles. The molecule has 6 nitrogen and oxygen atoms in total. The number of nitrogens with one attached hydrogen (secondary N) is 1. The number of amides is 1. The van der Waals surface area contributed by atoms with Crippen molar-refractivity contribution >= 4 is 33.3 Å². The molecule has 1 rings (SSSR count). The van der Waals surface area contributed by atoms with Crippen molar-refractivity contribution in [2.75, 3.05) is 6.26 Å². The van der Waals surface area contributed by atoms with E-state index < -0.39 is 27.8 Å². The van der Waals surface area contributed by atoms with Gasteiger partial charge in [-0.2, -0.15) is 0 Å². The highest BCUT2D eigenvalue weighted by Crippen LogP contribution is 2.22. The average Bonchev–Trinajstić information content (AvgIpc) is 2.34. The van der Waals surface area contributed by atoms with E-state index in [0.29, 0.717) is 0 Å². The number of carboxylic acid groups (broad SMARTS) is 1. The normalized spacial score (nSPS) is 12.8. The molecular formula is C12H14ClNO5S. The molecule has 0 radical (unpaired) electrons. The fourth-order valence-corrected chi connectivity index (χ4v) is 2.81. The second-order valence-corrected chi connectivity index (χ2v) is 6.58. The lowest BCUT2D eigenvalue weighted by atomic mass is 10.1. The van der Waals surface area contributed by atoms with Crippen LogP contribution in [0.1, 0.15) is 23.7 Å². The summed E-state index contributed by atoms with van der Waals surface area (Å²) in [6.45, 7) is 1.61. The van der Waals surface area contributed by atoms with Crippen molar-refractivity contribution in [3.8, 4) is 0 Å². The van der Waals surface area contributed by atoms with E-state index in [4.69, 9.17) is 16.7 Å². The predicted octanol–water partition coefficient (Wildman–Crippen LogP) is 1.34. The number of halogens is 1. The van der Waals surface area contributed by atoms with Crippen molar-refractivity contribution in [2.45, 2.75) is 24.3 Å². The summed E-state index contributed by atoms with van der Waals surface area (Å²) >= 11 is 5.76. The number of carbonyl (C=O) groups is 2. The lowest BCUT2D eigenvalue weighted by molar-refractivity contribution is -0.139. The van der Waals surface area contributed by atoms with Crippen molar-refractivity contribution in [2.24, 2.45) is 0 Å². The zero-order chi connectivity index (χ0) is 15.5. The smallest absolute Gasteiger partial charge is 0.326 e. The highest BCUT2D eigenvalue weighted by atomic mass is 35.5. The van der Waals surface area contributed by atoms with Crippen LogP contribution >= 0.6 is 11.6 Å². The SMILES string of the molecule is CC[C@H](NC(=O)c1ccc(Cl)c(S(C)(=O)=O)c1)C(=O)O. The third-order valence-corrected chi connectivity index (χ3v) is 4.18. The van der Waals surface area contributed by atoms with Gasteiger partial charge in [-0.3, -0.25) is 4.79 Å². The average molecular weight is 320 g/mol. The standard InChI is InChI=1S/C12H14ClNO5S/c1-3-9(12(16)17)14-11(15)7-4-5-8(13)10(6-7)20(2,18)19/h4-6,9H,3H2,1-2H3,(H,14,15)(H,16,17)/t9-/m0/s1. The number of hydrogen-bond acceptors (Lipinski definition) is 4. The van der Waals surface area contributed by atoms with Crippen LogP contribution in [0.3, 0.4) is 0 Å². The van der Waals surface area contributed by atoms with Gasteiger partial charge in [0.25, 0.3) is 5.91 Å². The third-order valence-electron chi connectivity index (χ3n) is 2.60. The van der Waals surface area contributed by atoms with E-state index in [1.807, 2.05) is 0 Å². The van der Waals surface area contributed by atoms with Crippen molar-refractivity contribution in [3.05, 3.63) is 28.8 Å². The fraction of sp³-hybridized carbons (Fsp3) is 0.333. The van der Waals surface area contributed by atoms with Crippen molar-refractivity contribution in [1.29, 1.82) is 0 Å². The topological polar surface area (TPSA) is 101 Å². The number of carboxylic acids is 1. The number of sulfone groups is 1. The first-order valence-corrected chi connectivity index (χ1v) is 7.97. The Morgan fingerprint density at radius 3 is 2.45 bits per heavy atom. The molecule has 2 N–H and O–H groups in total. The van der Waals surface area contributed by atoms with E-state index in [1.54, 1.807) is 6.92 Å². The van der Waals surface area contributed by atoms with Gasteiger partial charge >= 0.3 is 5.97 Å². The van der Waals surface area contributed by atoms with Crippen LogP contribution in [0.4, 0.5) is 0 Å². The van der Waals surface area contributed by atoms with Crippen LogP contribution in [0, 0.1) is 0 Å². The summed E-state index contributed by atoms with van der Waals surface area (Å²) in [7, 11) is -3.57. The molecule has 1 aromatic rings. The molecule has 0 fully saturated rings. The largest absolute Gasteiger partial charge is 0.480 e. The maximum Gasteiger partial charge on any atom is 0.326 e. The van der Waals surface area contributed by atoms with Gasteiger partial charge in [-0.1, -0.05) is 18.5 Å². The Bertz CT molecular complexity index is 641. The van der Waals surface area contributed by atoms with E-state index in [0.717, 1.165) is 12.3 Å². The van der Waals surface area contributed by atoms with E-state index in [2.05, 4.69) is 5.32 Å². The van der Waals surface area contributed by atoms with Crippen LogP contribution in [0.15, 0.2) is 23.1 Å². The fourth-order valence-electron chi connectivity index (χ4n) is 1.51. The van der Waals surface area contributed by atoms with Gasteiger partial charge in [0.2, 0.25) is 0 Å². The van der Waals surface area contributed by atoms with Gasteiger partial charge in [-0.25, -0.2) is 13.2 Å². The number of carbonyl (C=O) groups excluding carboxylic acids is 1. The molecule has 0 saturated carbocycles. The Labute approximate surface area is 121 Å². The van der Waals surface area contributed by atoms with E-state index in [-0.39, 0.29) is 21.9 Å². The van der Waals surface area contributed by atoms with Crippen molar-refractivity contribution in [3.63, 3.8) is 0 Å². The van der Waals surface area contributed by atoms with Crippen LogP contribution in [0.5, 0.6) is 0 Å². The Morgan fingerprint density at radius 2 is 2.00 bits per heavy atom. The summed E-state index contributed by atoms with van der Waals surface area (Å²) in [5, 5.41) is 11.2. The van der Waals surface area contributed by atoms with Crippen LogP contribution in [0.2, 0.25) is 5.02 Å². The van der Waals surface area contributed by atoms with Crippen LogP contribution in [-0.2, 0) is 14.6 Å². The van der Waals surface area contributed by atoms with Crippen LogP contribution < -0.4 is 5.32 Å². The highest BCUT2D eigenvalue weighted by molar-refractivity contribution is 7.90. The van der Waals surface area contributed by atoms with Crippen LogP contribution in [0.25, 0.3) is 0 Å². The van der Waals surface area contributed by atoms with Gasteiger partial charge in [-0.15, -0.1) is 0 Å². The van der Waals surface area contributed by atoms with Gasteiger partial charge in [-0.05, 0) is 24.6 Å². The first kappa shape index (κ1) is 16.5. The molecule has 0 unspecified atom stereocenters. The summed E-state index contributed by atoms with van der Waals surface area (Å²) < 4.78 is 23.0. The molecule has 0 aliphatic rings. The van der Waals surface area contributed by atoms with Gasteiger partial charge in [0.05, 0.1) is 9.92 Å². The molecule has 0 aliphatic heterocycles. The Morgan fingerprint density at radius 1 is 1.40 bits per heavy atom. The van der Waals surface area contributed by atoms with E-state index in [9.17, 15) is 18.0 Å². The lowest BCUT2D eigenvalue weighted by Gasteiger charge is -2.13. The molecule has 0 aliphatic carbocycles.